The molecule has 2 fully saturated rings. The molecule has 0 aliphatic carbocycles. The Morgan fingerprint density at radius 3 is 2.89 bits per heavy atom. The van der Waals surface area contributed by atoms with Crippen molar-refractivity contribution in [3.63, 3.8) is 0 Å². The van der Waals surface area contributed by atoms with Crippen molar-refractivity contribution in [3.05, 3.63) is 0 Å². The summed E-state index contributed by atoms with van der Waals surface area (Å²) in [5.41, 5.74) is 0. The molecule has 1 N–H and O–H groups in total. The van der Waals surface area contributed by atoms with Crippen molar-refractivity contribution >= 4 is 0 Å². The average Bonchev–Trinajstić information content (AvgIpc) is 2.85. The molecule has 19 heavy (non-hydrogen) atoms. The lowest BCUT2D eigenvalue weighted by molar-refractivity contribution is 0.0819. The van der Waals surface area contributed by atoms with Gasteiger partial charge >= 0.3 is 0 Å². The number of nitrogens with one attached hydrogen (secondary N) is 1. The van der Waals surface area contributed by atoms with Gasteiger partial charge in [0.25, 0.3) is 0 Å². The molecule has 2 rings (SSSR count). The second-order valence-corrected chi connectivity index (χ2v) is 6.30. The first-order valence-electron chi connectivity index (χ1n) is 7.94. The topological polar surface area (TPSA) is 27.7 Å². The fourth-order valence-corrected chi connectivity index (χ4v) is 3.32. The van der Waals surface area contributed by atoms with Gasteiger partial charge in [-0.3, -0.25) is 4.90 Å². The minimum Gasteiger partial charge on any atom is -0.377 e. The zero-order valence-electron chi connectivity index (χ0n) is 12.9. The van der Waals surface area contributed by atoms with E-state index in [1.807, 2.05) is 0 Å². The normalized spacial score (nSPS) is 32.4. The van der Waals surface area contributed by atoms with Crippen LogP contribution in [0.2, 0.25) is 0 Å². The summed E-state index contributed by atoms with van der Waals surface area (Å²) in [7, 11) is 2.23. The zero-order valence-corrected chi connectivity index (χ0v) is 12.9. The molecule has 0 amide bonds. The molecule has 4 nitrogen and oxygen atoms in total. The first-order valence-corrected chi connectivity index (χ1v) is 7.94. The fraction of sp³-hybridized carbons (Fsp3) is 1.00. The van der Waals surface area contributed by atoms with Gasteiger partial charge in [0.05, 0.1) is 6.10 Å². The number of nitrogens with zero attached hydrogens (tertiary/aromatic N) is 2. The van der Waals surface area contributed by atoms with Crippen LogP contribution >= 0.6 is 0 Å². The number of hydrogen-bond donors (Lipinski definition) is 1. The quantitative estimate of drug-likeness (QED) is 0.811. The number of ether oxygens (including phenoxy) is 1. The van der Waals surface area contributed by atoms with Gasteiger partial charge in [-0.1, -0.05) is 0 Å². The number of likely N-dealkylation sites (N-methyl/N-ethyl adjacent to an activating group) is 1. The largest absolute Gasteiger partial charge is 0.377 e. The number of rotatable bonds is 5. The average molecular weight is 269 g/mol. The minimum atomic E-state index is 0.438. The molecule has 0 radical (unpaired) electrons. The predicted octanol–water partition coefficient (Wildman–Crippen LogP) is 1.17. The molecule has 2 aliphatic heterocycles. The van der Waals surface area contributed by atoms with Gasteiger partial charge in [-0.25, -0.2) is 0 Å². The molecular weight excluding hydrogens is 238 g/mol. The van der Waals surface area contributed by atoms with Crippen molar-refractivity contribution in [2.24, 2.45) is 0 Å². The van der Waals surface area contributed by atoms with Gasteiger partial charge in [0.2, 0.25) is 0 Å². The van der Waals surface area contributed by atoms with Crippen molar-refractivity contribution in [2.45, 2.75) is 51.3 Å². The maximum absolute atomic E-state index is 5.73. The second-order valence-electron chi connectivity index (χ2n) is 6.30. The van der Waals surface area contributed by atoms with Gasteiger partial charge in [-0.2, -0.15) is 0 Å². The summed E-state index contributed by atoms with van der Waals surface area (Å²) in [5.74, 6) is 0. The Balaban J connectivity index is 1.66. The molecule has 3 unspecified atom stereocenters. The molecule has 0 bridgehead atoms. The van der Waals surface area contributed by atoms with Crippen molar-refractivity contribution < 1.29 is 4.74 Å². The molecule has 0 spiro atoms. The summed E-state index contributed by atoms with van der Waals surface area (Å²) >= 11 is 0. The van der Waals surface area contributed by atoms with Crippen LogP contribution in [0.25, 0.3) is 0 Å². The summed E-state index contributed by atoms with van der Waals surface area (Å²) < 4.78 is 5.73. The monoisotopic (exact) mass is 269 g/mol. The van der Waals surface area contributed by atoms with E-state index < -0.39 is 0 Å². The van der Waals surface area contributed by atoms with Gasteiger partial charge in [0.15, 0.2) is 0 Å². The molecule has 0 aromatic heterocycles. The first-order chi connectivity index (χ1) is 9.16. The van der Waals surface area contributed by atoms with Crippen molar-refractivity contribution in [1.29, 1.82) is 0 Å². The summed E-state index contributed by atoms with van der Waals surface area (Å²) in [5, 5.41) is 3.64. The third-order valence-corrected chi connectivity index (χ3v) is 4.57. The highest BCUT2D eigenvalue weighted by Crippen LogP contribution is 2.15. The smallest absolute Gasteiger partial charge is 0.0726 e. The zero-order chi connectivity index (χ0) is 13.7. The highest BCUT2D eigenvalue weighted by molar-refractivity contribution is 4.79. The fourth-order valence-electron chi connectivity index (χ4n) is 3.32. The molecule has 2 heterocycles. The van der Waals surface area contributed by atoms with E-state index in [1.54, 1.807) is 0 Å². The Morgan fingerprint density at radius 1 is 1.32 bits per heavy atom. The highest BCUT2D eigenvalue weighted by Gasteiger charge is 2.23. The van der Waals surface area contributed by atoms with Gasteiger partial charge in [0, 0.05) is 38.3 Å². The summed E-state index contributed by atoms with van der Waals surface area (Å²) in [4.78, 5) is 5.08. The van der Waals surface area contributed by atoms with E-state index in [0.29, 0.717) is 18.2 Å². The third kappa shape index (κ3) is 4.71. The van der Waals surface area contributed by atoms with E-state index in [4.69, 9.17) is 4.74 Å². The van der Waals surface area contributed by atoms with Gasteiger partial charge in [0.1, 0.15) is 0 Å². The van der Waals surface area contributed by atoms with Crippen LogP contribution < -0.4 is 5.32 Å². The standard InChI is InChI=1S/C15H31N3O/c1-13-12-17(3)8-5-9-18(13)10-7-16-14(2)15-6-4-11-19-15/h13-16H,4-12H2,1-3H3. The lowest BCUT2D eigenvalue weighted by atomic mass is 10.1. The van der Waals surface area contributed by atoms with Gasteiger partial charge in [-0.05, 0) is 53.2 Å². The Morgan fingerprint density at radius 2 is 2.16 bits per heavy atom. The predicted molar refractivity (Wildman–Crippen MR) is 79.6 cm³/mol. The third-order valence-electron chi connectivity index (χ3n) is 4.57. The van der Waals surface area contributed by atoms with Crippen molar-refractivity contribution in [2.75, 3.05) is 46.4 Å². The van der Waals surface area contributed by atoms with Crippen LogP contribution in [0.5, 0.6) is 0 Å². The van der Waals surface area contributed by atoms with Crippen LogP contribution in [-0.4, -0.2) is 74.4 Å². The van der Waals surface area contributed by atoms with Crippen LogP contribution in [0.15, 0.2) is 0 Å². The molecular formula is C15H31N3O. The minimum absolute atomic E-state index is 0.438. The molecule has 3 atom stereocenters. The first kappa shape index (κ1) is 15.2. The van der Waals surface area contributed by atoms with E-state index in [1.165, 1.54) is 38.9 Å². The van der Waals surface area contributed by atoms with E-state index in [2.05, 4.69) is 36.0 Å². The maximum atomic E-state index is 5.73. The molecule has 0 saturated carbocycles. The van der Waals surface area contributed by atoms with Crippen LogP contribution in [0, 0.1) is 0 Å². The Kier molecular flexibility index (Phi) is 6.07. The Bertz CT molecular complexity index is 256. The van der Waals surface area contributed by atoms with E-state index >= 15 is 0 Å². The Hall–Kier alpha value is -0.160. The highest BCUT2D eigenvalue weighted by atomic mass is 16.5. The molecule has 4 heteroatoms. The van der Waals surface area contributed by atoms with Crippen molar-refractivity contribution in [3.8, 4) is 0 Å². The SMILES string of the molecule is CC(NCCN1CCCN(C)CC1C)C1CCCO1. The lowest BCUT2D eigenvalue weighted by Gasteiger charge is -2.29. The van der Waals surface area contributed by atoms with Gasteiger partial charge in [-0.15, -0.1) is 0 Å². The lowest BCUT2D eigenvalue weighted by Crippen LogP contribution is -2.45. The van der Waals surface area contributed by atoms with Crippen LogP contribution in [-0.2, 0) is 4.74 Å². The molecule has 2 aliphatic rings. The molecule has 2 saturated heterocycles. The summed E-state index contributed by atoms with van der Waals surface area (Å²) in [6.07, 6.45) is 4.18. The Labute approximate surface area is 118 Å². The van der Waals surface area contributed by atoms with E-state index in [9.17, 15) is 0 Å². The molecule has 0 aromatic carbocycles. The van der Waals surface area contributed by atoms with E-state index in [0.717, 1.165) is 19.7 Å². The summed E-state index contributed by atoms with van der Waals surface area (Å²) in [6.45, 7) is 11.5. The van der Waals surface area contributed by atoms with Crippen LogP contribution in [0.1, 0.15) is 33.1 Å². The molecule has 0 aromatic rings. The van der Waals surface area contributed by atoms with Crippen molar-refractivity contribution in [1.82, 2.24) is 15.1 Å². The molecule has 112 valence electrons. The van der Waals surface area contributed by atoms with Crippen LogP contribution in [0.3, 0.4) is 0 Å². The van der Waals surface area contributed by atoms with Gasteiger partial charge < -0.3 is 15.0 Å². The second kappa shape index (κ2) is 7.58. The summed E-state index contributed by atoms with van der Waals surface area (Å²) in [6, 6.07) is 1.17. The maximum Gasteiger partial charge on any atom is 0.0726 e. The number of hydrogen-bond acceptors (Lipinski definition) is 4. The van der Waals surface area contributed by atoms with E-state index in [-0.39, 0.29) is 0 Å². The van der Waals surface area contributed by atoms with Crippen LogP contribution in [0.4, 0.5) is 0 Å².